The highest BCUT2D eigenvalue weighted by Gasteiger charge is 2.22. The van der Waals surface area contributed by atoms with E-state index in [-0.39, 0.29) is 12.6 Å². The fourth-order valence-electron chi connectivity index (χ4n) is 2.31. The molecule has 4 nitrogen and oxygen atoms in total. The minimum atomic E-state index is 0.0865. The average Bonchev–Trinajstić information content (AvgIpc) is 2.41. The standard InChI is InChI=1S/C14H20N2O2S/c1-10-6-11(14(15)19)2-3-12(10)7-16-4-5-18-9-13(16)8-17/h2-3,6,13,17H,4-5,7-9H2,1H3,(H2,15,19). The van der Waals surface area contributed by atoms with Crippen LogP contribution in [0, 0.1) is 6.92 Å². The number of aliphatic hydroxyl groups is 1. The Morgan fingerprint density at radius 2 is 2.37 bits per heavy atom. The van der Waals surface area contributed by atoms with Crippen LogP contribution in [-0.4, -0.2) is 47.4 Å². The van der Waals surface area contributed by atoms with Gasteiger partial charge < -0.3 is 15.6 Å². The zero-order chi connectivity index (χ0) is 13.8. The van der Waals surface area contributed by atoms with E-state index in [0.717, 1.165) is 25.3 Å². The molecule has 2 rings (SSSR count). The van der Waals surface area contributed by atoms with Crippen molar-refractivity contribution in [1.29, 1.82) is 0 Å². The predicted molar refractivity (Wildman–Crippen MR) is 79.2 cm³/mol. The number of thiocarbonyl (C=S) groups is 1. The summed E-state index contributed by atoms with van der Waals surface area (Å²) in [6.45, 7) is 5.18. The van der Waals surface area contributed by atoms with Gasteiger partial charge in [0.2, 0.25) is 0 Å². The molecule has 1 fully saturated rings. The fraction of sp³-hybridized carbons (Fsp3) is 0.500. The molecule has 1 atom stereocenters. The molecule has 1 aliphatic heterocycles. The van der Waals surface area contributed by atoms with Gasteiger partial charge in [0, 0.05) is 18.7 Å². The number of rotatable bonds is 4. The maximum atomic E-state index is 9.37. The summed E-state index contributed by atoms with van der Waals surface area (Å²) in [5.74, 6) is 0. The van der Waals surface area contributed by atoms with Gasteiger partial charge in [-0.2, -0.15) is 0 Å². The molecular formula is C14H20N2O2S. The largest absolute Gasteiger partial charge is 0.395 e. The van der Waals surface area contributed by atoms with Gasteiger partial charge in [-0.25, -0.2) is 0 Å². The van der Waals surface area contributed by atoms with E-state index in [4.69, 9.17) is 22.7 Å². The van der Waals surface area contributed by atoms with Crippen LogP contribution < -0.4 is 5.73 Å². The lowest BCUT2D eigenvalue weighted by atomic mass is 10.0. The summed E-state index contributed by atoms with van der Waals surface area (Å²) >= 11 is 4.98. The molecule has 1 aromatic rings. The summed E-state index contributed by atoms with van der Waals surface area (Å²) in [6, 6.07) is 6.13. The number of benzene rings is 1. The average molecular weight is 280 g/mol. The van der Waals surface area contributed by atoms with E-state index in [9.17, 15) is 5.11 Å². The minimum Gasteiger partial charge on any atom is -0.395 e. The molecule has 3 N–H and O–H groups in total. The highest BCUT2D eigenvalue weighted by atomic mass is 32.1. The van der Waals surface area contributed by atoms with E-state index < -0.39 is 0 Å². The Balaban J connectivity index is 2.11. The number of aryl methyl sites for hydroxylation is 1. The lowest BCUT2D eigenvalue weighted by Crippen LogP contribution is -2.46. The van der Waals surface area contributed by atoms with Crippen molar-refractivity contribution in [2.75, 3.05) is 26.4 Å². The van der Waals surface area contributed by atoms with Gasteiger partial charge >= 0.3 is 0 Å². The van der Waals surface area contributed by atoms with E-state index >= 15 is 0 Å². The van der Waals surface area contributed by atoms with Crippen molar-refractivity contribution in [1.82, 2.24) is 4.90 Å². The topological polar surface area (TPSA) is 58.7 Å². The van der Waals surface area contributed by atoms with Crippen LogP contribution in [0.5, 0.6) is 0 Å². The second-order valence-electron chi connectivity index (χ2n) is 4.89. The number of nitrogens with zero attached hydrogens (tertiary/aromatic N) is 1. The van der Waals surface area contributed by atoms with Crippen LogP contribution in [-0.2, 0) is 11.3 Å². The van der Waals surface area contributed by atoms with E-state index in [0.29, 0.717) is 11.6 Å². The second-order valence-corrected chi connectivity index (χ2v) is 5.33. The van der Waals surface area contributed by atoms with Gasteiger partial charge in [0.05, 0.1) is 25.9 Å². The quantitative estimate of drug-likeness (QED) is 0.800. The molecule has 0 aromatic heterocycles. The van der Waals surface area contributed by atoms with E-state index in [2.05, 4.69) is 17.9 Å². The van der Waals surface area contributed by atoms with Crippen molar-refractivity contribution in [2.24, 2.45) is 5.73 Å². The fourth-order valence-corrected chi connectivity index (χ4v) is 2.44. The van der Waals surface area contributed by atoms with Gasteiger partial charge in [-0.15, -0.1) is 0 Å². The number of aliphatic hydroxyl groups excluding tert-OH is 1. The van der Waals surface area contributed by atoms with E-state index in [1.54, 1.807) is 0 Å². The second kappa shape index (κ2) is 6.43. The maximum Gasteiger partial charge on any atom is 0.103 e. The maximum absolute atomic E-state index is 9.37. The van der Waals surface area contributed by atoms with Crippen LogP contribution in [0.25, 0.3) is 0 Å². The highest BCUT2D eigenvalue weighted by molar-refractivity contribution is 7.80. The highest BCUT2D eigenvalue weighted by Crippen LogP contribution is 2.17. The zero-order valence-corrected chi connectivity index (χ0v) is 11.9. The Hall–Kier alpha value is -1.01. The third kappa shape index (κ3) is 3.51. The monoisotopic (exact) mass is 280 g/mol. The van der Waals surface area contributed by atoms with Crippen LogP contribution >= 0.6 is 12.2 Å². The summed E-state index contributed by atoms with van der Waals surface area (Å²) in [7, 11) is 0. The summed E-state index contributed by atoms with van der Waals surface area (Å²) in [5, 5.41) is 9.37. The normalized spacial score (nSPS) is 20.4. The third-order valence-electron chi connectivity index (χ3n) is 3.56. The number of hydrogen-bond acceptors (Lipinski definition) is 4. The van der Waals surface area contributed by atoms with Gasteiger partial charge in [0.25, 0.3) is 0 Å². The summed E-state index contributed by atoms with van der Waals surface area (Å²) in [6.07, 6.45) is 0. The molecule has 0 bridgehead atoms. The Kier molecular flexibility index (Phi) is 4.87. The van der Waals surface area contributed by atoms with Crippen molar-refractivity contribution in [2.45, 2.75) is 19.5 Å². The summed E-state index contributed by atoms with van der Waals surface area (Å²) in [5.41, 5.74) is 8.94. The van der Waals surface area contributed by atoms with Crippen LogP contribution in [0.3, 0.4) is 0 Å². The van der Waals surface area contributed by atoms with Crippen molar-refractivity contribution < 1.29 is 9.84 Å². The summed E-state index contributed by atoms with van der Waals surface area (Å²) < 4.78 is 5.39. The Bertz CT molecular complexity index is 465. The van der Waals surface area contributed by atoms with Gasteiger partial charge in [-0.1, -0.05) is 24.4 Å². The van der Waals surface area contributed by atoms with Crippen LogP contribution in [0.1, 0.15) is 16.7 Å². The first kappa shape index (κ1) is 14.4. The van der Waals surface area contributed by atoms with Gasteiger partial charge in [0.1, 0.15) is 4.99 Å². The van der Waals surface area contributed by atoms with Gasteiger partial charge in [-0.3, -0.25) is 4.90 Å². The van der Waals surface area contributed by atoms with E-state index in [1.165, 1.54) is 11.1 Å². The first-order valence-electron chi connectivity index (χ1n) is 6.44. The predicted octanol–water partition coefficient (Wildman–Crippen LogP) is 0.822. The molecule has 0 spiro atoms. The molecule has 5 heteroatoms. The molecule has 0 aliphatic carbocycles. The van der Waals surface area contributed by atoms with Crippen LogP contribution in [0.15, 0.2) is 18.2 Å². The van der Waals surface area contributed by atoms with Gasteiger partial charge in [-0.05, 0) is 24.1 Å². The van der Waals surface area contributed by atoms with Crippen LogP contribution in [0.2, 0.25) is 0 Å². The number of hydrogen-bond donors (Lipinski definition) is 2. The molecule has 1 aliphatic rings. The first-order chi connectivity index (χ1) is 9.11. The van der Waals surface area contributed by atoms with Crippen molar-refractivity contribution in [3.63, 3.8) is 0 Å². The molecule has 104 valence electrons. The molecule has 0 amide bonds. The Labute approximate surface area is 119 Å². The van der Waals surface area contributed by atoms with Crippen molar-refractivity contribution in [3.05, 3.63) is 34.9 Å². The Morgan fingerprint density at radius 1 is 1.58 bits per heavy atom. The van der Waals surface area contributed by atoms with Gasteiger partial charge in [0.15, 0.2) is 0 Å². The van der Waals surface area contributed by atoms with Crippen molar-refractivity contribution in [3.8, 4) is 0 Å². The first-order valence-corrected chi connectivity index (χ1v) is 6.84. The molecule has 0 saturated carbocycles. The lowest BCUT2D eigenvalue weighted by Gasteiger charge is -2.34. The lowest BCUT2D eigenvalue weighted by molar-refractivity contribution is -0.0313. The number of morpholine rings is 1. The molecule has 19 heavy (non-hydrogen) atoms. The number of nitrogens with two attached hydrogens (primary N) is 1. The Morgan fingerprint density at radius 3 is 3.00 bits per heavy atom. The smallest absolute Gasteiger partial charge is 0.103 e. The third-order valence-corrected chi connectivity index (χ3v) is 3.80. The molecule has 0 radical (unpaired) electrons. The molecule has 1 unspecified atom stereocenters. The SMILES string of the molecule is Cc1cc(C(N)=S)ccc1CN1CCOCC1CO. The molecule has 1 heterocycles. The summed E-state index contributed by atoms with van der Waals surface area (Å²) in [4.78, 5) is 2.68. The van der Waals surface area contributed by atoms with Crippen molar-refractivity contribution >= 4 is 17.2 Å². The van der Waals surface area contributed by atoms with E-state index in [1.807, 2.05) is 12.1 Å². The zero-order valence-electron chi connectivity index (χ0n) is 11.1. The minimum absolute atomic E-state index is 0.0865. The molecule has 1 saturated heterocycles. The van der Waals surface area contributed by atoms with Crippen LogP contribution in [0.4, 0.5) is 0 Å². The number of ether oxygens (including phenoxy) is 1. The molecular weight excluding hydrogens is 260 g/mol. The molecule has 1 aromatic carbocycles.